The fourth-order valence-electron chi connectivity index (χ4n) is 4.83. The van der Waals surface area contributed by atoms with Crippen molar-refractivity contribution in [2.24, 2.45) is 0 Å². The van der Waals surface area contributed by atoms with E-state index in [9.17, 15) is 25.2 Å². The molecule has 1 atom stereocenters. The summed E-state index contributed by atoms with van der Waals surface area (Å²) in [7, 11) is 0. The molecule has 194 valence electrons. The van der Waals surface area contributed by atoms with Crippen molar-refractivity contribution >= 4 is 22.9 Å². The predicted octanol–water partition coefficient (Wildman–Crippen LogP) is 4.58. The van der Waals surface area contributed by atoms with Crippen LogP contribution < -0.4 is 5.32 Å². The minimum Gasteiger partial charge on any atom is -0.504 e. The number of fused-ring (bicyclic) bond motifs is 1. The molecule has 0 saturated heterocycles. The molecule has 2 aromatic carbocycles. The Kier molecular flexibility index (Phi) is 11.7. The van der Waals surface area contributed by atoms with E-state index in [4.69, 9.17) is 0 Å². The fourth-order valence-corrected chi connectivity index (χ4v) is 4.83. The number of amides is 1. The van der Waals surface area contributed by atoms with Crippen LogP contribution in [-0.4, -0.2) is 56.9 Å². The van der Waals surface area contributed by atoms with Gasteiger partial charge >= 0.3 is 0 Å². The molecule has 0 saturated carbocycles. The monoisotopic (exact) mass is 550 g/mol. The molecule has 1 aliphatic carbocycles. The van der Waals surface area contributed by atoms with Crippen molar-refractivity contribution in [2.45, 2.75) is 70.8 Å². The topological polar surface area (TPSA) is 113 Å². The quantitative estimate of drug-likeness (QED) is 0.195. The highest BCUT2D eigenvalue weighted by molar-refractivity contribution is 8.93. The second-order valence-corrected chi connectivity index (χ2v) is 9.27. The molecule has 0 aliphatic heterocycles. The first-order chi connectivity index (χ1) is 16.4. The summed E-state index contributed by atoms with van der Waals surface area (Å²) in [5, 5.41) is 41.7. The Bertz CT molecular complexity index is 969. The maximum absolute atomic E-state index is 12.1. The van der Waals surface area contributed by atoms with E-state index in [1.54, 1.807) is 12.1 Å². The summed E-state index contributed by atoms with van der Waals surface area (Å²) in [6.07, 6.45) is 8.20. The minimum absolute atomic E-state index is 0. The lowest BCUT2D eigenvalue weighted by molar-refractivity contribution is -0.120. The van der Waals surface area contributed by atoms with Crippen LogP contribution in [0.3, 0.4) is 0 Å². The number of unbranched alkanes of at least 4 members (excludes halogenated alkanes) is 3. The molecule has 0 heterocycles. The van der Waals surface area contributed by atoms with Crippen molar-refractivity contribution in [1.29, 1.82) is 0 Å². The van der Waals surface area contributed by atoms with Crippen LogP contribution in [0.2, 0.25) is 0 Å². The third-order valence-electron chi connectivity index (χ3n) is 6.67. The van der Waals surface area contributed by atoms with E-state index in [1.165, 1.54) is 12.1 Å². The molecular formula is C27H39BrN2O5. The molecule has 5 N–H and O–H groups in total. The van der Waals surface area contributed by atoms with E-state index in [-0.39, 0.29) is 52.3 Å². The molecule has 1 aliphatic rings. The van der Waals surface area contributed by atoms with Gasteiger partial charge in [-0.15, -0.1) is 17.0 Å². The van der Waals surface area contributed by atoms with E-state index in [0.717, 1.165) is 75.6 Å². The first-order valence-electron chi connectivity index (χ1n) is 12.4. The highest BCUT2D eigenvalue weighted by atomic mass is 79.9. The lowest BCUT2D eigenvalue weighted by Gasteiger charge is -2.35. The van der Waals surface area contributed by atoms with Gasteiger partial charge in [0.05, 0.1) is 6.42 Å². The normalized spacial score (nSPS) is 14.9. The second kappa shape index (κ2) is 14.2. The molecule has 2 aromatic rings. The van der Waals surface area contributed by atoms with Gasteiger partial charge in [-0.05, 0) is 80.9 Å². The maximum Gasteiger partial charge on any atom is 0.224 e. The van der Waals surface area contributed by atoms with Gasteiger partial charge in [-0.25, -0.2) is 0 Å². The van der Waals surface area contributed by atoms with Gasteiger partial charge in [0, 0.05) is 18.2 Å². The minimum atomic E-state index is -0.211. The van der Waals surface area contributed by atoms with Crippen molar-refractivity contribution in [2.75, 3.05) is 19.6 Å². The van der Waals surface area contributed by atoms with Crippen LogP contribution in [-0.2, 0) is 24.1 Å². The predicted molar refractivity (Wildman–Crippen MR) is 143 cm³/mol. The van der Waals surface area contributed by atoms with Gasteiger partial charge in [0.25, 0.3) is 0 Å². The molecule has 7 nitrogen and oxygen atoms in total. The first kappa shape index (κ1) is 28.8. The van der Waals surface area contributed by atoms with Gasteiger partial charge in [-0.2, -0.15) is 0 Å². The summed E-state index contributed by atoms with van der Waals surface area (Å²) in [6, 6.07) is 8.44. The van der Waals surface area contributed by atoms with Crippen LogP contribution in [0.4, 0.5) is 0 Å². The van der Waals surface area contributed by atoms with Crippen molar-refractivity contribution in [1.82, 2.24) is 10.2 Å². The molecule has 0 fully saturated rings. The van der Waals surface area contributed by atoms with Crippen LogP contribution in [0.1, 0.15) is 62.1 Å². The number of rotatable bonds is 12. The Morgan fingerprint density at radius 1 is 0.971 bits per heavy atom. The smallest absolute Gasteiger partial charge is 0.224 e. The summed E-state index contributed by atoms with van der Waals surface area (Å²) in [6.45, 7) is 4.95. The van der Waals surface area contributed by atoms with Crippen LogP contribution in [0, 0.1) is 0 Å². The number of aromatic hydroxyl groups is 4. The van der Waals surface area contributed by atoms with Gasteiger partial charge < -0.3 is 30.6 Å². The lowest BCUT2D eigenvalue weighted by Crippen LogP contribution is -2.40. The SMILES string of the molecule is Br.CCCN(CCCCCCNC(=O)Cc1ccc(O)c(O)c1)[C@H]1CCc2c(ccc(O)c2O)C1. The molecule has 0 spiro atoms. The fraction of sp³-hybridized carbons (Fsp3) is 0.519. The largest absolute Gasteiger partial charge is 0.504 e. The first-order valence-corrected chi connectivity index (χ1v) is 12.4. The molecule has 0 radical (unpaired) electrons. The summed E-state index contributed by atoms with van der Waals surface area (Å²) < 4.78 is 0. The van der Waals surface area contributed by atoms with Gasteiger partial charge in [0.2, 0.25) is 5.91 Å². The zero-order valence-electron chi connectivity index (χ0n) is 20.5. The van der Waals surface area contributed by atoms with E-state index >= 15 is 0 Å². The maximum atomic E-state index is 12.1. The number of hydrogen-bond acceptors (Lipinski definition) is 6. The van der Waals surface area contributed by atoms with Crippen LogP contribution >= 0.6 is 17.0 Å². The number of carbonyl (C=O) groups is 1. The van der Waals surface area contributed by atoms with E-state index in [2.05, 4.69) is 17.1 Å². The van der Waals surface area contributed by atoms with Gasteiger partial charge in [0.1, 0.15) is 0 Å². The average molecular weight is 552 g/mol. The van der Waals surface area contributed by atoms with E-state index in [1.807, 2.05) is 6.07 Å². The molecule has 8 heteroatoms. The molecule has 35 heavy (non-hydrogen) atoms. The Morgan fingerprint density at radius 2 is 1.71 bits per heavy atom. The Morgan fingerprint density at radius 3 is 2.46 bits per heavy atom. The van der Waals surface area contributed by atoms with Gasteiger partial charge in [-0.1, -0.05) is 31.9 Å². The summed E-state index contributed by atoms with van der Waals surface area (Å²) >= 11 is 0. The van der Waals surface area contributed by atoms with Gasteiger partial charge in [0.15, 0.2) is 23.0 Å². The van der Waals surface area contributed by atoms with E-state index < -0.39 is 0 Å². The second-order valence-electron chi connectivity index (χ2n) is 9.27. The van der Waals surface area contributed by atoms with Crippen molar-refractivity contribution in [3.8, 4) is 23.0 Å². The molecule has 0 bridgehead atoms. The summed E-state index contributed by atoms with van der Waals surface area (Å²) in [4.78, 5) is 14.6. The Balaban J connectivity index is 0.00000432. The Labute approximate surface area is 218 Å². The van der Waals surface area contributed by atoms with Crippen molar-refractivity contribution in [3.63, 3.8) is 0 Å². The highest BCUT2D eigenvalue weighted by Crippen LogP contribution is 2.36. The Hall–Kier alpha value is -2.45. The third-order valence-corrected chi connectivity index (χ3v) is 6.67. The van der Waals surface area contributed by atoms with Crippen LogP contribution in [0.15, 0.2) is 30.3 Å². The van der Waals surface area contributed by atoms with Crippen LogP contribution in [0.5, 0.6) is 23.0 Å². The van der Waals surface area contributed by atoms with E-state index in [0.29, 0.717) is 18.2 Å². The summed E-state index contributed by atoms with van der Waals surface area (Å²) in [5.74, 6) is -0.465. The van der Waals surface area contributed by atoms with Gasteiger partial charge in [-0.3, -0.25) is 4.79 Å². The molecule has 1 amide bonds. The number of nitrogens with one attached hydrogen (secondary N) is 1. The highest BCUT2D eigenvalue weighted by Gasteiger charge is 2.26. The zero-order valence-corrected chi connectivity index (χ0v) is 22.2. The number of halogens is 1. The van der Waals surface area contributed by atoms with Crippen molar-refractivity contribution in [3.05, 3.63) is 47.0 Å². The number of carbonyl (C=O) groups excluding carboxylic acids is 1. The number of benzene rings is 2. The van der Waals surface area contributed by atoms with Crippen molar-refractivity contribution < 1.29 is 25.2 Å². The molecule has 3 rings (SSSR count). The standard InChI is InChI=1S/C27H38N2O5.BrH/c1-2-14-29(21-9-10-22-20(18-21)8-12-24(31)27(22)34)15-6-4-3-5-13-28-26(33)17-19-7-11-23(30)25(32)16-19;/h7-8,11-12,16,21,30-32,34H,2-6,9-10,13-15,17-18H2,1H3,(H,28,33);1H/t21-;/m0./s1. The number of phenols is 4. The third kappa shape index (κ3) is 8.32. The zero-order chi connectivity index (χ0) is 24.5. The summed E-state index contributed by atoms with van der Waals surface area (Å²) in [5.41, 5.74) is 2.71. The molecule has 0 aromatic heterocycles. The lowest BCUT2D eigenvalue weighted by atomic mass is 9.86. The molecular weight excluding hydrogens is 512 g/mol. The number of phenolic OH excluding ortho intramolecular Hbond substituents is 4. The molecule has 0 unspecified atom stereocenters. The van der Waals surface area contributed by atoms with Crippen LogP contribution in [0.25, 0.3) is 0 Å². The average Bonchev–Trinajstić information content (AvgIpc) is 2.82. The number of hydrogen-bond donors (Lipinski definition) is 5. The number of nitrogens with zero attached hydrogens (tertiary/aromatic N) is 1.